The number of carbonyl (C=O) groups excluding carboxylic acids is 1. The van der Waals surface area contributed by atoms with Crippen LogP contribution in [0.2, 0.25) is 0 Å². The number of urea groups is 1. The van der Waals surface area contributed by atoms with E-state index in [0.717, 1.165) is 35.7 Å². The molecule has 2 N–H and O–H groups in total. The van der Waals surface area contributed by atoms with Crippen LogP contribution < -0.4 is 15.5 Å². The summed E-state index contributed by atoms with van der Waals surface area (Å²) in [4.78, 5) is 23.4. The highest BCUT2D eigenvalue weighted by Gasteiger charge is 2.13. The van der Waals surface area contributed by atoms with Gasteiger partial charge in [-0.15, -0.1) is 11.3 Å². The molecule has 0 unspecified atom stereocenters. The van der Waals surface area contributed by atoms with E-state index < -0.39 is 0 Å². The lowest BCUT2D eigenvalue weighted by molar-refractivity contribution is 0.251. The van der Waals surface area contributed by atoms with Crippen molar-refractivity contribution in [1.29, 1.82) is 0 Å². The summed E-state index contributed by atoms with van der Waals surface area (Å²) in [5.74, 6) is 1.01. The monoisotopic (exact) mass is 379 g/mol. The topological polar surface area (TPSA) is 70.2 Å². The third-order valence-corrected chi connectivity index (χ3v) is 5.24. The number of carbonyl (C=O) groups is 1. The van der Waals surface area contributed by atoms with Crippen LogP contribution in [0.4, 0.5) is 15.7 Å². The maximum Gasteiger partial charge on any atom is 0.321 e. The summed E-state index contributed by atoms with van der Waals surface area (Å²) in [6.07, 6.45) is 4.28. The van der Waals surface area contributed by atoms with Crippen molar-refractivity contribution < 1.29 is 4.79 Å². The van der Waals surface area contributed by atoms with Crippen molar-refractivity contribution in [2.45, 2.75) is 19.4 Å². The molecule has 1 fully saturated rings. The van der Waals surface area contributed by atoms with E-state index in [0.29, 0.717) is 11.7 Å². The minimum Gasteiger partial charge on any atom is -0.357 e. The second kappa shape index (κ2) is 8.18. The van der Waals surface area contributed by atoms with E-state index >= 15 is 0 Å². The van der Waals surface area contributed by atoms with Gasteiger partial charge in [-0.05, 0) is 24.5 Å². The quantitative estimate of drug-likeness (QED) is 0.699. The van der Waals surface area contributed by atoms with Gasteiger partial charge in [0.1, 0.15) is 5.82 Å². The van der Waals surface area contributed by atoms with E-state index in [1.54, 1.807) is 0 Å². The van der Waals surface area contributed by atoms with Crippen LogP contribution in [0.25, 0.3) is 11.3 Å². The van der Waals surface area contributed by atoms with Crippen LogP contribution in [0.15, 0.2) is 54.0 Å². The zero-order valence-corrected chi connectivity index (χ0v) is 15.7. The first kappa shape index (κ1) is 17.5. The Kier molecular flexibility index (Phi) is 5.29. The number of nitrogens with zero attached hydrogens (tertiary/aromatic N) is 3. The largest absolute Gasteiger partial charge is 0.357 e. The van der Waals surface area contributed by atoms with Crippen LogP contribution in [0.1, 0.15) is 18.4 Å². The number of thiazole rings is 1. The fourth-order valence-corrected chi connectivity index (χ4v) is 3.77. The van der Waals surface area contributed by atoms with E-state index in [9.17, 15) is 4.79 Å². The summed E-state index contributed by atoms with van der Waals surface area (Å²) in [6.45, 7) is 2.58. The smallest absolute Gasteiger partial charge is 0.321 e. The maximum absolute atomic E-state index is 12.1. The van der Waals surface area contributed by atoms with E-state index in [-0.39, 0.29) is 6.03 Å². The average Bonchev–Trinajstić information content (AvgIpc) is 3.40. The molecule has 2 amide bonds. The van der Waals surface area contributed by atoms with Crippen molar-refractivity contribution >= 4 is 28.3 Å². The van der Waals surface area contributed by atoms with Crippen LogP contribution in [0.5, 0.6) is 0 Å². The van der Waals surface area contributed by atoms with Gasteiger partial charge in [0.15, 0.2) is 5.13 Å². The highest BCUT2D eigenvalue weighted by Crippen LogP contribution is 2.24. The van der Waals surface area contributed by atoms with Crippen molar-refractivity contribution in [3.63, 3.8) is 0 Å². The molecule has 1 aromatic carbocycles. The number of aromatic nitrogens is 2. The number of nitrogens with one attached hydrogen (secondary N) is 2. The van der Waals surface area contributed by atoms with Crippen molar-refractivity contribution in [3.8, 4) is 11.3 Å². The van der Waals surface area contributed by atoms with Crippen LogP contribution in [0, 0.1) is 0 Å². The van der Waals surface area contributed by atoms with Crippen molar-refractivity contribution in [2.24, 2.45) is 0 Å². The average molecular weight is 379 g/mol. The molecule has 2 aromatic heterocycles. The van der Waals surface area contributed by atoms with Crippen LogP contribution in [-0.4, -0.2) is 29.1 Å². The summed E-state index contributed by atoms with van der Waals surface area (Å²) in [7, 11) is 0. The second-order valence-electron chi connectivity index (χ2n) is 6.43. The molecule has 3 aromatic rings. The molecule has 138 valence electrons. The number of pyridine rings is 1. The van der Waals surface area contributed by atoms with Crippen LogP contribution >= 0.6 is 11.3 Å². The first-order valence-electron chi connectivity index (χ1n) is 9.03. The molecule has 27 heavy (non-hydrogen) atoms. The second-order valence-corrected chi connectivity index (χ2v) is 7.29. The predicted molar refractivity (Wildman–Crippen MR) is 109 cm³/mol. The van der Waals surface area contributed by atoms with Crippen LogP contribution in [-0.2, 0) is 6.54 Å². The molecule has 0 spiro atoms. The van der Waals surface area contributed by atoms with Gasteiger partial charge < -0.3 is 10.2 Å². The fraction of sp³-hybridized carbons (Fsp3) is 0.250. The third kappa shape index (κ3) is 4.43. The summed E-state index contributed by atoms with van der Waals surface area (Å²) >= 11 is 1.41. The number of benzene rings is 1. The maximum atomic E-state index is 12.1. The van der Waals surface area contributed by atoms with Gasteiger partial charge in [-0.25, -0.2) is 14.8 Å². The molecule has 3 heterocycles. The Bertz CT molecular complexity index is 888. The van der Waals surface area contributed by atoms with Gasteiger partial charge >= 0.3 is 6.03 Å². The zero-order chi connectivity index (χ0) is 18.5. The molecule has 4 rings (SSSR count). The van der Waals surface area contributed by atoms with Gasteiger partial charge in [-0.2, -0.15) is 0 Å². The molecule has 0 aliphatic carbocycles. The van der Waals surface area contributed by atoms with Gasteiger partial charge in [-0.3, -0.25) is 5.32 Å². The number of hydrogen-bond donors (Lipinski definition) is 2. The summed E-state index contributed by atoms with van der Waals surface area (Å²) in [5.41, 5.74) is 2.86. The molecular weight excluding hydrogens is 358 g/mol. The van der Waals surface area contributed by atoms with E-state index in [1.165, 1.54) is 24.2 Å². The summed E-state index contributed by atoms with van der Waals surface area (Å²) in [5, 5.41) is 8.15. The standard InChI is InChI=1S/C20H21N5OS/c26-19(24-20-23-17(14-27-20)16-6-2-1-3-7-16)22-13-15-8-9-18(21-12-15)25-10-4-5-11-25/h1-3,6-9,12,14H,4-5,10-11,13H2,(H2,22,23,24,26). The molecule has 1 aliphatic rings. The van der Waals surface area contributed by atoms with E-state index in [4.69, 9.17) is 0 Å². The van der Waals surface area contributed by atoms with Gasteiger partial charge in [0.2, 0.25) is 0 Å². The normalized spacial score (nSPS) is 13.6. The van der Waals surface area contributed by atoms with Crippen molar-refractivity contribution in [1.82, 2.24) is 15.3 Å². The lowest BCUT2D eigenvalue weighted by atomic mass is 10.2. The molecule has 0 radical (unpaired) electrons. The van der Waals surface area contributed by atoms with E-state index in [1.807, 2.05) is 54.0 Å². The number of hydrogen-bond acceptors (Lipinski definition) is 5. The summed E-state index contributed by atoms with van der Waals surface area (Å²) < 4.78 is 0. The van der Waals surface area contributed by atoms with Gasteiger partial charge in [0.05, 0.1) is 5.69 Å². The number of amides is 2. The Balaban J connectivity index is 1.29. The SMILES string of the molecule is O=C(NCc1ccc(N2CCCC2)nc1)Nc1nc(-c2ccccc2)cs1. The Morgan fingerprint density at radius 2 is 1.93 bits per heavy atom. The highest BCUT2D eigenvalue weighted by atomic mass is 32.1. The fourth-order valence-electron chi connectivity index (χ4n) is 3.05. The Hall–Kier alpha value is -2.93. The predicted octanol–water partition coefficient (Wildman–Crippen LogP) is 4.13. The lowest BCUT2D eigenvalue weighted by Crippen LogP contribution is -2.28. The molecule has 0 bridgehead atoms. The number of rotatable bonds is 5. The van der Waals surface area contributed by atoms with Crippen molar-refractivity contribution in [2.75, 3.05) is 23.3 Å². The third-order valence-electron chi connectivity index (χ3n) is 4.49. The Morgan fingerprint density at radius 3 is 2.67 bits per heavy atom. The molecule has 0 saturated carbocycles. The Morgan fingerprint density at radius 1 is 1.11 bits per heavy atom. The summed E-state index contributed by atoms with van der Waals surface area (Å²) in [6, 6.07) is 13.7. The molecule has 1 aliphatic heterocycles. The molecular formula is C20H21N5OS. The van der Waals surface area contributed by atoms with E-state index in [2.05, 4.69) is 25.5 Å². The lowest BCUT2D eigenvalue weighted by Gasteiger charge is -2.16. The first-order valence-corrected chi connectivity index (χ1v) is 9.91. The molecule has 6 nitrogen and oxygen atoms in total. The van der Waals surface area contributed by atoms with Gasteiger partial charge in [-0.1, -0.05) is 36.4 Å². The zero-order valence-electron chi connectivity index (χ0n) is 14.9. The minimum atomic E-state index is -0.271. The molecule has 1 saturated heterocycles. The first-order chi connectivity index (χ1) is 13.3. The van der Waals surface area contributed by atoms with Gasteiger partial charge in [0, 0.05) is 36.8 Å². The molecule has 7 heteroatoms. The molecule has 0 atom stereocenters. The Labute approximate surface area is 162 Å². The highest BCUT2D eigenvalue weighted by molar-refractivity contribution is 7.14. The minimum absolute atomic E-state index is 0.271. The number of anilines is 2. The van der Waals surface area contributed by atoms with Gasteiger partial charge in [0.25, 0.3) is 0 Å². The van der Waals surface area contributed by atoms with Crippen LogP contribution in [0.3, 0.4) is 0 Å². The van der Waals surface area contributed by atoms with Crippen molar-refractivity contribution in [3.05, 3.63) is 59.6 Å².